The Labute approximate surface area is 124 Å². The molecule has 0 saturated heterocycles. The van der Waals surface area contributed by atoms with Crippen LogP contribution in [0.3, 0.4) is 0 Å². The Kier molecular flexibility index (Phi) is 4.65. The fourth-order valence-corrected chi connectivity index (χ4v) is 2.53. The fraction of sp³-hybridized carbons (Fsp3) is 0.154. The molecule has 0 fully saturated rings. The van der Waals surface area contributed by atoms with Gasteiger partial charge in [-0.2, -0.15) is 0 Å². The average molecular weight is 301 g/mol. The molecule has 1 heterocycles. The molecule has 0 aliphatic carbocycles. The predicted molar refractivity (Wildman–Crippen MR) is 79.6 cm³/mol. The molecule has 1 aromatic heterocycles. The SMILES string of the molecule is Cc1nc(NC(=O)c2ccccc2)sc1C(=O)CN=[N+]=[N-]. The highest BCUT2D eigenvalue weighted by Crippen LogP contribution is 2.23. The van der Waals surface area contributed by atoms with Gasteiger partial charge < -0.3 is 0 Å². The Bertz CT molecular complexity index is 719. The predicted octanol–water partition coefficient (Wildman–Crippen LogP) is 3.20. The lowest BCUT2D eigenvalue weighted by atomic mass is 10.2. The van der Waals surface area contributed by atoms with Crippen molar-refractivity contribution in [1.29, 1.82) is 0 Å². The van der Waals surface area contributed by atoms with Gasteiger partial charge in [0.25, 0.3) is 5.91 Å². The zero-order chi connectivity index (χ0) is 15.2. The summed E-state index contributed by atoms with van der Waals surface area (Å²) in [6.45, 7) is 1.41. The molecule has 0 saturated carbocycles. The maximum Gasteiger partial charge on any atom is 0.257 e. The third-order valence-corrected chi connectivity index (χ3v) is 3.70. The Hall–Kier alpha value is -2.70. The van der Waals surface area contributed by atoms with Crippen LogP contribution in [0.2, 0.25) is 0 Å². The van der Waals surface area contributed by atoms with E-state index in [-0.39, 0.29) is 18.2 Å². The van der Waals surface area contributed by atoms with Crippen LogP contribution >= 0.6 is 11.3 Å². The number of anilines is 1. The summed E-state index contributed by atoms with van der Waals surface area (Å²) in [6, 6.07) is 8.71. The summed E-state index contributed by atoms with van der Waals surface area (Å²) < 4.78 is 0. The van der Waals surface area contributed by atoms with Crippen LogP contribution < -0.4 is 5.32 Å². The molecule has 0 radical (unpaired) electrons. The van der Waals surface area contributed by atoms with Gasteiger partial charge in [-0.1, -0.05) is 34.7 Å². The van der Waals surface area contributed by atoms with Gasteiger partial charge in [0.15, 0.2) is 10.9 Å². The molecule has 8 heteroatoms. The Balaban J connectivity index is 2.14. The van der Waals surface area contributed by atoms with Crippen molar-refractivity contribution in [2.45, 2.75) is 6.92 Å². The van der Waals surface area contributed by atoms with Crippen molar-refractivity contribution >= 4 is 28.2 Å². The summed E-state index contributed by atoms with van der Waals surface area (Å²) in [6.07, 6.45) is 0. The second kappa shape index (κ2) is 6.65. The number of amides is 1. The molecular formula is C13H11N5O2S. The number of aryl methyl sites for hydroxylation is 1. The highest BCUT2D eigenvalue weighted by molar-refractivity contribution is 7.17. The molecule has 21 heavy (non-hydrogen) atoms. The van der Waals surface area contributed by atoms with Gasteiger partial charge in [-0.3, -0.25) is 14.9 Å². The number of benzene rings is 1. The summed E-state index contributed by atoms with van der Waals surface area (Å²) in [7, 11) is 0. The minimum absolute atomic E-state index is 0.258. The van der Waals surface area contributed by atoms with Crippen LogP contribution in [-0.2, 0) is 0 Å². The van der Waals surface area contributed by atoms with Gasteiger partial charge in [-0.05, 0) is 24.6 Å². The van der Waals surface area contributed by atoms with E-state index in [1.54, 1.807) is 31.2 Å². The number of nitrogens with one attached hydrogen (secondary N) is 1. The molecule has 1 amide bonds. The smallest absolute Gasteiger partial charge is 0.257 e. The number of rotatable bonds is 5. The second-order valence-electron chi connectivity index (χ2n) is 4.07. The summed E-state index contributed by atoms with van der Waals surface area (Å²) in [5, 5.41) is 6.21. The highest BCUT2D eigenvalue weighted by Gasteiger charge is 2.16. The molecule has 1 aromatic carbocycles. The van der Waals surface area contributed by atoms with Gasteiger partial charge in [0.05, 0.1) is 17.1 Å². The van der Waals surface area contributed by atoms with E-state index >= 15 is 0 Å². The fourth-order valence-electron chi connectivity index (χ4n) is 1.64. The molecule has 7 nitrogen and oxygen atoms in total. The van der Waals surface area contributed by atoms with E-state index in [1.165, 1.54) is 0 Å². The molecule has 0 spiro atoms. The number of aromatic nitrogens is 1. The maximum absolute atomic E-state index is 12.0. The van der Waals surface area contributed by atoms with Crippen molar-refractivity contribution in [2.75, 3.05) is 11.9 Å². The summed E-state index contributed by atoms with van der Waals surface area (Å²) in [5.41, 5.74) is 9.23. The number of Topliss-reactive ketones (excluding diaryl/α,β-unsaturated/α-hetero) is 1. The van der Waals surface area contributed by atoms with E-state index in [2.05, 4.69) is 20.3 Å². The van der Waals surface area contributed by atoms with Crippen LogP contribution in [-0.4, -0.2) is 23.2 Å². The lowest BCUT2D eigenvalue weighted by Crippen LogP contribution is -2.11. The molecule has 2 aromatic rings. The summed E-state index contributed by atoms with van der Waals surface area (Å²) in [5.74, 6) is -0.610. The first-order valence-corrected chi connectivity index (χ1v) is 6.81. The molecule has 1 N–H and O–H groups in total. The quantitative estimate of drug-likeness (QED) is 0.396. The van der Waals surface area contributed by atoms with Gasteiger partial charge >= 0.3 is 0 Å². The van der Waals surface area contributed by atoms with E-state index in [4.69, 9.17) is 5.53 Å². The lowest BCUT2D eigenvalue weighted by molar-refractivity contribution is 0.100. The Morgan fingerprint density at radius 3 is 2.76 bits per heavy atom. The molecule has 106 valence electrons. The standard InChI is InChI=1S/C13H11N5O2S/c1-8-11(10(19)7-15-18-14)21-13(16-8)17-12(20)9-5-3-2-4-6-9/h2-6H,7H2,1H3,(H,16,17,20). The number of carbonyl (C=O) groups excluding carboxylic acids is 2. The highest BCUT2D eigenvalue weighted by atomic mass is 32.1. The first-order valence-electron chi connectivity index (χ1n) is 5.99. The first kappa shape index (κ1) is 14.7. The molecule has 2 rings (SSSR count). The van der Waals surface area contributed by atoms with Crippen LogP contribution in [0.15, 0.2) is 35.4 Å². The number of hydrogen-bond donors (Lipinski definition) is 1. The molecule has 0 bridgehead atoms. The number of hydrogen-bond acceptors (Lipinski definition) is 5. The van der Waals surface area contributed by atoms with E-state index in [0.717, 1.165) is 11.3 Å². The van der Waals surface area contributed by atoms with Crippen LogP contribution in [0.4, 0.5) is 5.13 Å². The molecule has 0 unspecified atom stereocenters. The van der Waals surface area contributed by atoms with Crippen LogP contribution in [0.5, 0.6) is 0 Å². The molecular weight excluding hydrogens is 290 g/mol. The Morgan fingerprint density at radius 2 is 2.10 bits per heavy atom. The minimum atomic E-state index is -0.317. The molecule has 0 aliphatic rings. The zero-order valence-corrected chi connectivity index (χ0v) is 11.9. The third-order valence-electron chi connectivity index (χ3n) is 2.58. The summed E-state index contributed by atoms with van der Waals surface area (Å²) in [4.78, 5) is 30.8. The number of azide groups is 1. The van der Waals surface area contributed by atoms with Gasteiger partial charge in [-0.15, -0.1) is 0 Å². The van der Waals surface area contributed by atoms with Gasteiger partial charge in [0, 0.05) is 10.5 Å². The number of thiazole rings is 1. The van der Waals surface area contributed by atoms with E-state index in [1.807, 2.05) is 6.07 Å². The van der Waals surface area contributed by atoms with Crippen molar-refractivity contribution in [2.24, 2.45) is 5.11 Å². The van der Waals surface area contributed by atoms with Gasteiger partial charge in [0.1, 0.15) is 0 Å². The topological polar surface area (TPSA) is 108 Å². The van der Waals surface area contributed by atoms with Crippen LogP contribution in [0.1, 0.15) is 25.7 Å². The molecule has 0 atom stereocenters. The minimum Gasteiger partial charge on any atom is -0.298 e. The number of ketones is 1. The second-order valence-corrected chi connectivity index (χ2v) is 5.06. The van der Waals surface area contributed by atoms with Gasteiger partial charge in [-0.25, -0.2) is 4.98 Å². The first-order chi connectivity index (χ1) is 10.1. The third kappa shape index (κ3) is 3.65. The Morgan fingerprint density at radius 1 is 1.38 bits per heavy atom. The van der Waals surface area contributed by atoms with Crippen molar-refractivity contribution < 1.29 is 9.59 Å². The summed E-state index contributed by atoms with van der Waals surface area (Å²) >= 11 is 1.07. The number of carbonyl (C=O) groups is 2. The normalized spacial score (nSPS) is 9.76. The van der Waals surface area contributed by atoms with Crippen LogP contribution in [0.25, 0.3) is 10.4 Å². The van der Waals surface area contributed by atoms with E-state index < -0.39 is 0 Å². The van der Waals surface area contributed by atoms with Crippen molar-refractivity contribution in [1.82, 2.24) is 4.98 Å². The number of nitrogens with zero attached hydrogens (tertiary/aromatic N) is 4. The monoisotopic (exact) mass is 301 g/mol. The van der Waals surface area contributed by atoms with Crippen molar-refractivity contribution in [3.05, 3.63) is 56.9 Å². The van der Waals surface area contributed by atoms with Crippen molar-refractivity contribution in [3.8, 4) is 0 Å². The molecule has 0 aliphatic heterocycles. The van der Waals surface area contributed by atoms with E-state index in [0.29, 0.717) is 21.3 Å². The van der Waals surface area contributed by atoms with Gasteiger partial charge in [0.2, 0.25) is 0 Å². The maximum atomic E-state index is 12.0. The lowest BCUT2D eigenvalue weighted by Gasteiger charge is -2.00. The van der Waals surface area contributed by atoms with E-state index in [9.17, 15) is 9.59 Å². The average Bonchev–Trinajstić information content (AvgIpc) is 2.86. The zero-order valence-electron chi connectivity index (χ0n) is 11.1. The van der Waals surface area contributed by atoms with Crippen LogP contribution in [0, 0.1) is 6.92 Å². The van der Waals surface area contributed by atoms with Crippen molar-refractivity contribution in [3.63, 3.8) is 0 Å². The largest absolute Gasteiger partial charge is 0.298 e.